The number of carbonyl (C=O) groups excluding carboxylic acids is 1. The van der Waals surface area contributed by atoms with E-state index in [4.69, 9.17) is 23.2 Å². The number of amides is 1. The van der Waals surface area contributed by atoms with Gasteiger partial charge in [0.25, 0.3) is 5.91 Å². The quantitative estimate of drug-likeness (QED) is 0.900. The van der Waals surface area contributed by atoms with E-state index in [1.807, 2.05) is 4.90 Å². The minimum atomic E-state index is 0.00999. The maximum atomic E-state index is 12.5. The molecule has 1 aromatic heterocycles. The van der Waals surface area contributed by atoms with E-state index in [0.29, 0.717) is 20.3 Å². The highest BCUT2D eigenvalue weighted by molar-refractivity contribution is 7.20. The molecule has 0 aromatic carbocycles. The first-order valence-corrected chi connectivity index (χ1v) is 8.41. The van der Waals surface area contributed by atoms with Crippen molar-refractivity contribution >= 4 is 40.4 Å². The maximum absolute atomic E-state index is 12.5. The Bertz CT molecular complexity index is 502. The summed E-state index contributed by atoms with van der Waals surface area (Å²) in [5.41, 5.74) is 0.544. The molecule has 1 amide bonds. The van der Waals surface area contributed by atoms with Gasteiger partial charge in [0.15, 0.2) is 0 Å². The van der Waals surface area contributed by atoms with Crippen LogP contribution in [0.2, 0.25) is 8.67 Å². The molecule has 0 radical (unpaired) electrons. The van der Waals surface area contributed by atoms with Crippen LogP contribution in [0, 0.1) is 0 Å². The van der Waals surface area contributed by atoms with Crippen LogP contribution in [-0.2, 0) is 0 Å². The number of nitrogens with one attached hydrogen (secondary N) is 1. The molecule has 110 valence electrons. The van der Waals surface area contributed by atoms with Crippen molar-refractivity contribution in [3.8, 4) is 0 Å². The zero-order chi connectivity index (χ0) is 14.1. The summed E-state index contributed by atoms with van der Waals surface area (Å²) in [4.78, 5) is 16.8. The van der Waals surface area contributed by atoms with Crippen LogP contribution < -0.4 is 5.32 Å². The summed E-state index contributed by atoms with van der Waals surface area (Å²) < 4.78 is 1.06. The number of hydrogen-bond donors (Lipinski definition) is 1. The van der Waals surface area contributed by atoms with E-state index in [-0.39, 0.29) is 5.91 Å². The number of thiophene rings is 1. The Balaban J connectivity index is 1.64. The SMILES string of the molecule is O=C(c1cc(Cl)sc1Cl)N1CCC(N2CCNCC2)C1. The molecule has 3 heterocycles. The Labute approximate surface area is 132 Å². The van der Waals surface area contributed by atoms with Gasteiger partial charge in [0, 0.05) is 45.3 Å². The molecule has 2 saturated heterocycles. The van der Waals surface area contributed by atoms with Crippen LogP contribution in [0.3, 0.4) is 0 Å². The molecular weight excluding hydrogens is 317 g/mol. The topological polar surface area (TPSA) is 35.6 Å². The molecule has 1 aromatic rings. The summed E-state index contributed by atoms with van der Waals surface area (Å²) in [6.45, 7) is 5.81. The fourth-order valence-electron chi connectivity index (χ4n) is 2.93. The molecular formula is C13H17Cl2N3OS. The van der Waals surface area contributed by atoms with E-state index in [2.05, 4.69) is 10.2 Å². The minimum absolute atomic E-state index is 0.00999. The fraction of sp³-hybridized carbons (Fsp3) is 0.615. The molecule has 0 bridgehead atoms. The van der Waals surface area contributed by atoms with Crippen molar-refractivity contribution in [2.75, 3.05) is 39.3 Å². The summed E-state index contributed by atoms with van der Waals surface area (Å²) in [6, 6.07) is 2.16. The number of nitrogens with zero attached hydrogens (tertiary/aromatic N) is 2. The predicted molar refractivity (Wildman–Crippen MR) is 83.1 cm³/mol. The summed E-state index contributed by atoms with van der Waals surface area (Å²) in [7, 11) is 0. The molecule has 1 atom stereocenters. The molecule has 4 nitrogen and oxygen atoms in total. The lowest BCUT2D eigenvalue weighted by atomic mass is 10.2. The van der Waals surface area contributed by atoms with Gasteiger partial charge in [-0.3, -0.25) is 9.69 Å². The Morgan fingerprint density at radius 2 is 2.05 bits per heavy atom. The molecule has 1 unspecified atom stereocenters. The monoisotopic (exact) mass is 333 g/mol. The molecule has 3 rings (SSSR count). The number of likely N-dealkylation sites (tertiary alicyclic amines) is 1. The van der Waals surface area contributed by atoms with E-state index in [0.717, 1.165) is 45.7 Å². The summed E-state index contributed by atoms with van der Waals surface area (Å²) in [6.07, 6.45) is 1.04. The standard InChI is InChI=1S/C13H17Cl2N3OS/c14-11-7-10(12(15)20-11)13(19)18-4-1-9(8-18)17-5-2-16-3-6-17/h7,9,16H,1-6,8H2. The first-order valence-electron chi connectivity index (χ1n) is 6.84. The van der Waals surface area contributed by atoms with Crippen molar-refractivity contribution in [1.29, 1.82) is 0 Å². The third-order valence-electron chi connectivity index (χ3n) is 4.01. The van der Waals surface area contributed by atoms with Crippen LogP contribution in [0.5, 0.6) is 0 Å². The van der Waals surface area contributed by atoms with Crippen LogP contribution in [0.15, 0.2) is 6.07 Å². The van der Waals surface area contributed by atoms with Crippen LogP contribution in [0.4, 0.5) is 0 Å². The van der Waals surface area contributed by atoms with Crippen LogP contribution in [0.25, 0.3) is 0 Å². The van der Waals surface area contributed by atoms with Gasteiger partial charge in [-0.2, -0.15) is 0 Å². The number of carbonyl (C=O) groups is 1. The molecule has 20 heavy (non-hydrogen) atoms. The van der Waals surface area contributed by atoms with Crippen molar-refractivity contribution in [2.24, 2.45) is 0 Å². The van der Waals surface area contributed by atoms with Crippen molar-refractivity contribution in [3.63, 3.8) is 0 Å². The van der Waals surface area contributed by atoms with Crippen LogP contribution in [0.1, 0.15) is 16.8 Å². The van der Waals surface area contributed by atoms with Crippen molar-refractivity contribution in [2.45, 2.75) is 12.5 Å². The van der Waals surface area contributed by atoms with E-state index in [9.17, 15) is 4.79 Å². The van der Waals surface area contributed by atoms with Gasteiger partial charge in [-0.1, -0.05) is 23.2 Å². The zero-order valence-corrected chi connectivity index (χ0v) is 13.4. The normalized spacial score (nSPS) is 24.3. The van der Waals surface area contributed by atoms with Gasteiger partial charge in [-0.05, 0) is 12.5 Å². The third-order valence-corrected chi connectivity index (χ3v) is 5.49. The Morgan fingerprint density at radius 3 is 2.70 bits per heavy atom. The summed E-state index contributed by atoms with van der Waals surface area (Å²) >= 11 is 13.2. The molecule has 0 spiro atoms. The largest absolute Gasteiger partial charge is 0.337 e. The first kappa shape index (κ1) is 14.6. The highest BCUT2D eigenvalue weighted by Gasteiger charge is 2.32. The molecule has 2 aliphatic heterocycles. The number of rotatable bonds is 2. The van der Waals surface area contributed by atoms with Crippen molar-refractivity contribution in [3.05, 3.63) is 20.3 Å². The molecule has 1 N–H and O–H groups in total. The Morgan fingerprint density at radius 1 is 1.30 bits per heavy atom. The second-order valence-electron chi connectivity index (χ2n) is 5.22. The second kappa shape index (κ2) is 6.20. The van der Waals surface area contributed by atoms with Crippen LogP contribution in [-0.4, -0.2) is 61.0 Å². The van der Waals surface area contributed by atoms with Crippen molar-refractivity contribution < 1.29 is 4.79 Å². The zero-order valence-electron chi connectivity index (χ0n) is 11.1. The van der Waals surface area contributed by atoms with E-state index >= 15 is 0 Å². The third kappa shape index (κ3) is 2.97. The van der Waals surface area contributed by atoms with E-state index in [1.165, 1.54) is 11.3 Å². The summed E-state index contributed by atoms with van der Waals surface area (Å²) in [5, 5.41) is 3.36. The highest BCUT2D eigenvalue weighted by atomic mass is 35.5. The van der Waals surface area contributed by atoms with Crippen LogP contribution >= 0.6 is 34.5 Å². The molecule has 0 aliphatic carbocycles. The Hall–Kier alpha value is -0.330. The number of halogens is 2. The van der Waals surface area contributed by atoms with Gasteiger partial charge >= 0.3 is 0 Å². The van der Waals surface area contributed by atoms with Gasteiger partial charge in [0.2, 0.25) is 0 Å². The van der Waals surface area contributed by atoms with Crippen molar-refractivity contribution in [1.82, 2.24) is 15.1 Å². The molecule has 2 aliphatic rings. The minimum Gasteiger partial charge on any atom is -0.337 e. The molecule has 0 saturated carbocycles. The van der Waals surface area contributed by atoms with E-state index < -0.39 is 0 Å². The molecule has 2 fully saturated rings. The van der Waals surface area contributed by atoms with Gasteiger partial charge < -0.3 is 10.2 Å². The first-order chi connectivity index (χ1) is 9.65. The lowest BCUT2D eigenvalue weighted by molar-refractivity contribution is 0.0774. The summed E-state index contributed by atoms with van der Waals surface area (Å²) in [5.74, 6) is 0.00999. The lowest BCUT2D eigenvalue weighted by Crippen LogP contribution is -2.49. The van der Waals surface area contributed by atoms with Gasteiger partial charge in [0.05, 0.1) is 9.90 Å². The number of piperazine rings is 1. The predicted octanol–water partition coefficient (Wildman–Crippen LogP) is 2.17. The lowest BCUT2D eigenvalue weighted by Gasteiger charge is -2.32. The maximum Gasteiger partial charge on any atom is 0.256 e. The van der Waals surface area contributed by atoms with Gasteiger partial charge in [0.1, 0.15) is 4.34 Å². The average molecular weight is 334 g/mol. The fourth-order valence-corrected chi connectivity index (χ4v) is 4.38. The Kier molecular flexibility index (Phi) is 4.52. The molecule has 7 heteroatoms. The second-order valence-corrected chi connectivity index (χ2v) is 7.50. The highest BCUT2D eigenvalue weighted by Crippen LogP contribution is 2.32. The van der Waals surface area contributed by atoms with Gasteiger partial charge in [-0.25, -0.2) is 0 Å². The van der Waals surface area contributed by atoms with E-state index in [1.54, 1.807) is 6.07 Å². The average Bonchev–Trinajstić information content (AvgIpc) is 3.06. The smallest absolute Gasteiger partial charge is 0.256 e. The number of hydrogen-bond acceptors (Lipinski definition) is 4. The van der Waals surface area contributed by atoms with Gasteiger partial charge in [-0.15, -0.1) is 11.3 Å².